The number of nitrogens with one attached hydrogen (secondary N) is 2. The Kier molecular flexibility index (Phi) is 5.99. The molecule has 0 amide bonds. The Hall–Kier alpha value is -0.0800. The summed E-state index contributed by atoms with van der Waals surface area (Å²) in [5, 5.41) is 7.21. The highest BCUT2D eigenvalue weighted by molar-refractivity contribution is 4.84. The summed E-state index contributed by atoms with van der Waals surface area (Å²) in [6.45, 7) is 20.2. The molecule has 0 saturated heterocycles. The third kappa shape index (κ3) is 5.31. The largest absolute Gasteiger partial charge is 0.310 e. The summed E-state index contributed by atoms with van der Waals surface area (Å²) < 4.78 is 0. The molecule has 2 nitrogen and oxygen atoms in total. The molecule has 0 rings (SSSR count). The van der Waals surface area contributed by atoms with Crippen LogP contribution in [0.25, 0.3) is 0 Å². The molecule has 0 aromatic carbocycles. The van der Waals surface area contributed by atoms with E-state index in [4.69, 9.17) is 0 Å². The van der Waals surface area contributed by atoms with Crippen LogP contribution in [-0.4, -0.2) is 24.2 Å². The van der Waals surface area contributed by atoms with Gasteiger partial charge in [0.15, 0.2) is 0 Å². The first-order valence-corrected chi connectivity index (χ1v) is 6.59. The van der Waals surface area contributed by atoms with E-state index in [0.717, 1.165) is 13.1 Å². The van der Waals surface area contributed by atoms with Crippen LogP contribution in [0.3, 0.4) is 0 Å². The lowest BCUT2D eigenvalue weighted by atomic mass is 9.90. The van der Waals surface area contributed by atoms with Crippen molar-refractivity contribution in [1.82, 2.24) is 10.6 Å². The predicted octanol–water partition coefficient (Wildman–Crippen LogP) is 3.03. The first-order valence-electron chi connectivity index (χ1n) is 6.59. The third-order valence-corrected chi connectivity index (χ3v) is 4.17. The molecular weight excluding hydrogens is 196 g/mol. The molecule has 2 N–H and O–H groups in total. The van der Waals surface area contributed by atoms with E-state index in [0.29, 0.717) is 11.8 Å². The van der Waals surface area contributed by atoms with E-state index in [-0.39, 0.29) is 11.1 Å². The standard InChI is InChI=1S/C14H32N2/c1-11(2)13(5,6)15-9-10-16-14(7,8)12(3)4/h11-12,15-16H,9-10H2,1-8H3. The van der Waals surface area contributed by atoms with Gasteiger partial charge >= 0.3 is 0 Å². The van der Waals surface area contributed by atoms with Crippen molar-refractivity contribution >= 4 is 0 Å². The average molecular weight is 228 g/mol. The lowest BCUT2D eigenvalue weighted by Gasteiger charge is -2.34. The predicted molar refractivity (Wildman–Crippen MR) is 73.8 cm³/mol. The van der Waals surface area contributed by atoms with Crippen LogP contribution in [0.2, 0.25) is 0 Å². The van der Waals surface area contributed by atoms with Gasteiger partial charge in [-0.2, -0.15) is 0 Å². The highest BCUT2D eigenvalue weighted by Gasteiger charge is 2.23. The average Bonchev–Trinajstić information content (AvgIpc) is 2.12. The van der Waals surface area contributed by atoms with Gasteiger partial charge in [0.1, 0.15) is 0 Å². The molecule has 0 aromatic heterocycles. The van der Waals surface area contributed by atoms with Crippen LogP contribution in [0.15, 0.2) is 0 Å². The summed E-state index contributed by atoms with van der Waals surface area (Å²) in [4.78, 5) is 0. The molecule has 0 radical (unpaired) electrons. The first-order chi connectivity index (χ1) is 7.09. The molecule has 0 fully saturated rings. The summed E-state index contributed by atoms with van der Waals surface area (Å²) >= 11 is 0. The molecule has 0 bridgehead atoms. The van der Waals surface area contributed by atoms with Crippen LogP contribution in [0.5, 0.6) is 0 Å². The first kappa shape index (κ1) is 15.9. The second kappa shape index (κ2) is 6.02. The Labute approximate surface area is 103 Å². The highest BCUT2D eigenvalue weighted by Crippen LogP contribution is 2.15. The number of hydrogen-bond donors (Lipinski definition) is 2. The molecule has 0 saturated carbocycles. The van der Waals surface area contributed by atoms with Gasteiger partial charge in [-0.3, -0.25) is 0 Å². The fourth-order valence-electron chi connectivity index (χ4n) is 1.18. The molecule has 16 heavy (non-hydrogen) atoms. The Balaban J connectivity index is 3.85. The third-order valence-electron chi connectivity index (χ3n) is 4.17. The molecule has 98 valence electrons. The van der Waals surface area contributed by atoms with Crippen molar-refractivity contribution in [2.24, 2.45) is 11.8 Å². The van der Waals surface area contributed by atoms with Gasteiger partial charge in [0.25, 0.3) is 0 Å². The second-order valence-electron chi connectivity index (χ2n) is 6.61. The van der Waals surface area contributed by atoms with Crippen LogP contribution in [0.4, 0.5) is 0 Å². The highest BCUT2D eigenvalue weighted by atomic mass is 15.0. The molecule has 0 atom stereocenters. The van der Waals surface area contributed by atoms with E-state index in [1.807, 2.05) is 0 Å². The maximum atomic E-state index is 3.61. The van der Waals surface area contributed by atoms with Crippen molar-refractivity contribution in [1.29, 1.82) is 0 Å². The van der Waals surface area contributed by atoms with Crippen molar-refractivity contribution in [3.63, 3.8) is 0 Å². The molecule has 0 aliphatic rings. The minimum absolute atomic E-state index is 0.226. The second-order valence-corrected chi connectivity index (χ2v) is 6.61. The van der Waals surface area contributed by atoms with Gasteiger partial charge in [0.05, 0.1) is 0 Å². The maximum Gasteiger partial charge on any atom is 0.0148 e. The fraction of sp³-hybridized carbons (Fsp3) is 1.00. The zero-order valence-corrected chi connectivity index (χ0v) is 12.6. The Morgan fingerprint density at radius 1 is 0.688 bits per heavy atom. The summed E-state index contributed by atoms with van der Waals surface area (Å²) in [5.41, 5.74) is 0.452. The molecule has 2 heteroatoms. The summed E-state index contributed by atoms with van der Waals surface area (Å²) in [6, 6.07) is 0. The van der Waals surface area contributed by atoms with Crippen molar-refractivity contribution in [2.45, 2.75) is 66.5 Å². The van der Waals surface area contributed by atoms with Crippen molar-refractivity contribution in [3.05, 3.63) is 0 Å². The maximum absolute atomic E-state index is 3.61. The normalized spacial score (nSPS) is 13.9. The van der Waals surface area contributed by atoms with E-state index in [9.17, 15) is 0 Å². The van der Waals surface area contributed by atoms with Crippen LogP contribution in [0, 0.1) is 11.8 Å². The van der Waals surface area contributed by atoms with E-state index >= 15 is 0 Å². The topological polar surface area (TPSA) is 24.1 Å². The van der Waals surface area contributed by atoms with Crippen LogP contribution >= 0.6 is 0 Å². The van der Waals surface area contributed by atoms with Crippen LogP contribution < -0.4 is 10.6 Å². The molecule has 0 heterocycles. The summed E-state index contributed by atoms with van der Waals surface area (Å²) in [5.74, 6) is 1.32. The van der Waals surface area contributed by atoms with Gasteiger partial charge in [-0.25, -0.2) is 0 Å². The summed E-state index contributed by atoms with van der Waals surface area (Å²) in [7, 11) is 0. The molecule has 0 aliphatic carbocycles. The van der Waals surface area contributed by atoms with E-state index < -0.39 is 0 Å². The zero-order chi connectivity index (χ0) is 13.0. The zero-order valence-electron chi connectivity index (χ0n) is 12.6. The molecule has 0 spiro atoms. The van der Waals surface area contributed by atoms with E-state index in [1.54, 1.807) is 0 Å². The smallest absolute Gasteiger partial charge is 0.0148 e. The van der Waals surface area contributed by atoms with E-state index in [1.165, 1.54) is 0 Å². The minimum atomic E-state index is 0.226. The monoisotopic (exact) mass is 228 g/mol. The summed E-state index contributed by atoms with van der Waals surface area (Å²) in [6.07, 6.45) is 0. The molecule has 0 aromatic rings. The van der Waals surface area contributed by atoms with Crippen LogP contribution in [-0.2, 0) is 0 Å². The number of rotatable bonds is 7. The molecule has 0 unspecified atom stereocenters. The van der Waals surface area contributed by atoms with E-state index in [2.05, 4.69) is 66.0 Å². The van der Waals surface area contributed by atoms with Crippen LogP contribution in [0.1, 0.15) is 55.4 Å². The lowest BCUT2D eigenvalue weighted by Crippen LogP contribution is -2.50. The van der Waals surface area contributed by atoms with Crippen molar-refractivity contribution in [2.75, 3.05) is 13.1 Å². The lowest BCUT2D eigenvalue weighted by molar-refractivity contribution is 0.260. The van der Waals surface area contributed by atoms with Crippen molar-refractivity contribution in [3.8, 4) is 0 Å². The fourth-order valence-corrected chi connectivity index (χ4v) is 1.18. The number of hydrogen-bond acceptors (Lipinski definition) is 2. The Morgan fingerprint density at radius 2 is 0.938 bits per heavy atom. The SMILES string of the molecule is CC(C)C(C)(C)NCCNC(C)(C)C(C)C. The quantitative estimate of drug-likeness (QED) is 0.655. The molecule has 0 aliphatic heterocycles. The van der Waals surface area contributed by atoms with Gasteiger partial charge in [-0.15, -0.1) is 0 Å². The molecular formula is C14H32N2. The van der Waals surface area contributed by atoms with Gasteiger partial charge in [0, 0.05) is 24.2 Å². The Morgan fingerprint density at radius 3 is 1.12 bits per heavy atom. The van der Waals surface area contributed by atoms with Gasteiger partial charge in [-0.05, 0) is 39.5 Å². The van der Waals surface area contributed by atoms with Crippen molar-refractivity contribution < 1.29 is 0 Å². The van der Waals surface area contributed by atoms with Gasteiger partial charge in [-0.1, -0.05) is 27.7 Å². The Bertz CT molecular complexity index is 171. The van der Waals surface area contributed by atoms with Gasteiger partial charge in [0.2, 0.25) is 0 Å². The van der Waals surface area contributed by atoms with Gasteiger partial charge < -0.3 is 10.6 Å². The minimum Gasteiger partial charge on any atom is -0.310 e.